The van der Waals surface area contributed by atoms with E-state index in [0.29, 0.717) is 50.9 Å². The molecule has 0 radical (unpaired) electrons. The van der Waals surface area contributed by atoms with E-state index in [2.05, 4.69) is 37.1 Å². The van der Waals surface area contributed by atoms with Gasteiger partial charge in [-0.15, -0.1) is 0 Å². The van der Waals surface area contributed by atoms with E-state index >= 15 is 0 Å². The minimum Gasteiger partial charge on any atom is -0.493 e. The molecule has 0 aliphatic carbocycles. The van der Waals surface area contributed by atoms with Crippen LogP contribution >= 0.6 is 15.9 Å². The molecule has 2 amide bonds. The maximum absolute atomic E-state index is 12.5. The van der Waals surface area contributed by atoms with Crippen molar-refractivity contribution in [2.24, 2.45) is 5.10 Å². The molecule has 2 atom stereocenters. The second-order valence-electron chi connectivity index (χ2n) is 10.2. The molecule has 5 N–H and O–H groups in total. The summed E-state index contributed by atoms with van der Waals surface area (Å²) in [4.78, 5) is 35.7. The van der Waals surface area contributed by atoms with Crippen LogP contribution in [0.1, 0.15) is 46.9 Å². The predicted octanol–water partition coefficient (Wildman–Crippen LogP) is 4.26. The Bertz CT molecular complexity index is 1710. The van der Waals surface area contributed by atoms with Crippen LogP contribution in [0.2, 0.25) is 0 Å². The van der Waals surface area contributed by atoms with E-state index in [0.717, 1.165) is 5.56 Å². The number of ether oxygens (including phenoxy) is 5. The van der Waals surface area contributed by atoms with Crippen LogP contribution in [-0.2, 0) is 16.1 Å². The number of hydrazone groups is 1. The molecule has 0 unspecified atom stereocenters. The lowest BCUT2D eigenvalue weighted by molar-refractivity contribution is -0.136. The van der Waals surface area contributed by atoms with Crippen LogP contribution in [0.25, 0.3) is 0 Å². The van der Waals surface area contributed by atoms with Gasteiger partial charge in [-0.25, -0.2) is 14.4 Å². The van der Waals surface area contributed by atoms with Crippen LogP contribution in [0, 0.1) is 0 Å². The van der Waals surface area contributed by atoms with Gasteiger partial charge >= 0.3 is 18.0 Å². The molecule has 48 heavy (non-hydrogen) atoms. The van der Waals surface area contributed by atoms with E-state index in [1.54, 1.807) is 56.3 Å². The highest BCUT2D eigenvalue weighted by Crippen LogP contribution is 2.35. The molecule has 3 aromatic carbocycles. The number of halogens is 1. The number of aliphatic hydroxyl groups is 1. The van der Waals surface area contributed by atoms with Gasteiger partial charge in [-0.05, 0) is 77.3 Å². The Kier molecular flexibility index (Phi) is 12.2. The number of benzene rings is 3. The van der Waals surface area contributed by atoms with E-state index < -0.39 is 30.2 Å². The lowest BCUT2D eigenvalue weighted by Crippen LogP contribution is -2.45. The van der Waals surface area contributed by atoms with E-state index in [1.165, 1.54) is 32.6 Å². The van der Waals surface area contributed by atoms with Gasteiger partial charge in [0.15, 0.2) is 29.2 Å². The third-order valence-corrected chi connectivity index (χ3v) is 7.66. The van der Waals surface area contributed by atoms with Gasteiger partial charge in [0.2, 0.25) is 0 Å². The number of methoxy groups -OCH3 is 2. The average Bonchev–Trinajstić information content (AvgIpc) is 3.07. The van der Waals surface area contributed by atoms with E-state index in [-0.39, 0.29) is 24.4 Å². The zero-order valence-electron chi connectivity index (χ0n) is 26.5. The molecule has 0 spiro atoms. The van der Waals surface area contributed by atoms with E-state index in [4.69, 9.17) is 28.8 Å². The van der Waals surface area contributed by atoms with Crippen molar-refractivity contribution in [1.29, 1.82) is 0 Å². The van der Waals surface area contributed by atoms with Crippen molar-refractivity contribution in [2.75, 3.05) is 27.4 Å². The number of carboxylic acids is 1. The number of hydrogen-bond donors (Lipinski definition) is 5. The number of allylic oxidation sites excluding steroid dienone is 1. The highest BCUT2D eigenvalue weighted by molar-refractivity contribution is 9.10. The number of carboxylic acid groups (broad SMARTS) is 1. The van der Waals surface area contributed by atoms with Crippen molar-refractivity contribution in [3.8, 4) is 23.0 Å². The standard InChI is InChI=1S/C33H35BrN4O10/c1-5-46-26-12-21(30-29(32(42)45-4)18(2)36-33(43)37-30)10-11-24(26)48-17-28(39)38-35-15-22-13-25(44-3)27(14-23(22)34)47-16-19-6-8-20(9-7-19)31(40)41/h6-15,28,30,38-39H,5,16-17H2,1-4H3,(H,40,41)(H2,36,37,43)/b35-15-/t28-,30-/m0/s1. The number of carbonyl (C=O) groups excluding carboxylic acids is 2. The third-order valence-electron chi connectivity index (χ3n) is 6.98. The molecular weight excluding hydrogens is 692 g/mol. The van der Waals surface area contributed by atoms with Gasteiger partial charge < -0.3 is 44.5 Å². The summed E-state index contributed by atoms with van der Waals surface area (Å²) in [6, 6.07) is 13.5. The number of urea groups is 1. The summed E-state index contributed by atoms with van der Waals surface area (Å²) < 4.78 is 28.5. The Balaban J connectivity index is 1.38. The number of nitrogens with zero attached hydrogens (tertiary/aromatic N) is 1. The molecule has 0 aromatic heterocycles. The van der Waals surface area contributed by atoms with Crippen LogP contribution < -0.4 is 35.0 Å². The van der Waals surface area contributed by atoms with Gasteiger partial charge in [-0.3, -0.25) is 5.43 Å². The molecule has 0 saturated carbocycles. The van der Waals surface area contributed by atoms with Crippen molar-refractivity contribution in [1.82, 2.24) is 16.1 Å². The second-order valence-corrected chi connectivity index (χ2v) is 11.1. The molecule has 1 aliphatic heterocycles. The van der Waals surface area contributed by atoms with Gasteiger partial charge in [0.1, 0.15) is 13.2 Å². The first-order valence-corrected chi connectivity index (χ1v) is 15.4. The summed E-state index contributed by atoms with van der Waals surface area (Å²) in [6.07, 6.45) is 0.276. The number of nitrogens with one attached hydrogen (secondary N) is 3. The zero-order chi connectivity index (χ0) is 34.8. The monoisotopic (exact) mass is 726 g/mol. The first-order valence-electron chi connectivity index (χ1n) is 14.6. The average molecular weight is 728 g/mol. The maximum atomic E-state index is 12.5. The Morgan fingerprint density at radius 1 is 1.02 bits per heavy atom. The normalized spacial score (nSPS) is 14.9. The van der Waals surface area contributed by atoms with Crippen LogP contribution in [0.5, 0.6) is 23.0 Å². The van der Waals surface area contributed by atoms with Crippen molar-refractivity contribution >= 4 is 40.1 Å². The van der Waals surface area contributed by atoms with E-state index in [1.807, 2.05) is 0 Å². The van der Waals surface area contributed by atoms with Crippen LogP contribution in [-0.4, -0.2) is 68.1 Å². The summed E-state index contributed by atoms with van der Waals surface area (Å²) in [5.74, 6) is -0.0299. The molecule has 0 saturated heterocycles. The van der Waals surface area contributed by atoms with Crippen molar-refractivity contribution in [3.05, 3.63) is 92.6 Å². The summed E-state index contributed by atoms with van der Waals surface area (Å²) in [7, 11) is 2.76. The molecule has 4 rings (SSSR count). The SMILES string of the molecule is CCOc1cc([C@@H]2NC(=O)NC(C)=C2C(=O)OC)ccc1OC[C@H](O)N/N=C\c1cc(OC)c(OCc2ccc(C(=O)O)cc2)cc1Br. The summed E-state index contributed by atoms with van der Waals surface area (Å²) >= 11 is 3.49. The molecule has 1 heterocycles. The Morgan fingerprint density at radius 2 is 1.75 bits per heavy atom. The molecule has 15 heteroatoms. The highest BCUT2D eigenvalue weighted by Gasteiger charge is 2.32. The Morgan fingerprint density at radius 3 is 2.42 bits per heavy atom. The molecular formula is C33H35BrN4O10. The molecule has 254 valence electrons. The van der Waals surface area contributed by atoms with Crippen molar-refractivity contribution in [3.63, 3.8) is 0 Å². The fourth-order valence-electron chi connectivity index (χ4n) is 4.64. The summed E-state index contributed by atoms with van der Waals surface area (Å²) in [5.41, 5.74) is 5.39. The molecule has 0 fully saturated rings. The largest absolute Gasteiger partial charge is 0.493 e. The number of carbonyl (C=O) groups is 3. The molecule has 14 nitrogen and oxygen atoms in total. The van der Waals surface area contributed by atoms with Crippen molar-refractivity contribution in [2.45, 2.75) is 32.7 Å². The lowest BCUT2D eigenvalue weighted by atomic mass is 9.95. The van der Waals surface area contributed by atoms with Gasteiger partial charge in [-0.2, -0.15) is 5.10 Å². The predicted molar refractivity (Wildman–Crippen MR) is 177 cm³/mol. The van der Waals surface area contributed by atoms with Crippen molar-refractivity contribution < 1.29 is 48.3 Å². The number of rotatable bonds is 15. The summed E-state index contributed by atoms with van der Waals surface area (Å²) in [5, 5.41) is 29.0. The quantitative estimate of drug-likeness (QED) is 0.0652. The third kappa shape index (κ3) is 8.95. The van der Waals surface area contributed by atoms with Gasteiger partial charge in [0, 0.05) is 15.7 Å². The zero-order valence-corrected chi connectivity index (χ0v) is 28.1. The lowest BCUT2D eigenvalue weighted by Gasteiger charge is -2.28. The molecule has 3 aromatic rings. The smallest absolute Gasteiger partial charge is 0.337 e. The van der Waals surface area contributed by atoms with Crippen LogP contribution in [0.15, 0.2) is 75.4 Å². The highest BCUT2D eigenvalue weighted by atomic mass is 79.9. The van der Waals surface area contributed by atoms with Gasteiger partial charge in [-0.1, -0.05) is 18.2 Å². The number of esters is 1. The first kappa shape index (κ1) is 35.6. The fourth-order valence-corrected chi connectivity index (χ4v) is 5.07. The number of aliphatic hydroxyl groups excluding tert-OH is 1. The minimum absolute atomic E-state index is 0.187. The second kappa shape index (κ2) is 16.5. The number of hydrogen-bond acceptors (Lipinski definition) is 11. The number of aromatic carboxylic acids is 1. The van der Waals surface area contributed by atoms with Crippen LogP contribution in [0.4, 0.5) is 4.79 Å². The first-order chi connectivity index (χ1) is 23.0. The van der Waals surface area contributed by atoms with Gasteiger partial charge in [0.05, 0.1) is 44.2 Å². The molecule has 0 bridgehead atoms. The Labute approximate surface area is 284 Å². The van der Waals surface area contributed by atoms with E-state index in [9.17, 15) is 19.5 Å². The number of amides is 2. The maximum Gasteiger partial charge on any atom is 0.337 e. The van der Waals surface area contributed by atoms with Crippen LogP contribution in [0.3, 0.4) is 0 Å². The summed E-state index contributed by atoms with van der Waals surface area (Å²) in [6.45, 7) is 3.72. The topological polar surface area (TPSA) is 186 Å². The fraction of sp³-hybridized carbons (Fsp3) is 0.273. The van der Waals surface area contributed by atoms with Gasteiger partial charge in [0.25, 0.3) is 0 Å². The minimum atomic E-state index is -1.20. The molecule has 1 aliphatic rings. The Hall–Kier alpha value is -5.28.